The minimum absolute atomic E-state index is 0.0531. The van der Waals surface area contributed by atoms with Crippen LogP contribution in [-0.4, -0.2) is 30.4 Å². The van der Waals surface area contributed by atoms with Crippen LogP contribution in [0.1, 0.15) is 12.8 Å². The molecule has 1 fully saturated rings. The molecule has 3 nitrogen and oxygen atoms in total. The van der Waals surface area contributed by atoms with Gasteiger partial charge in [-0.2, -0.15) is 0 Å². The van der Waals surface area contributed by atoms with E-state index in [1.807, 2.05) is 0 Å². The van der Waals surface area contributed by atoms with E-state index < -0.39 is 11.6 Å². The predicted molar refractivity (Wildman–Crippen MR) is 58.9 cm³/mol. The molecule has 0 spiro atoms. The van der Waals surface area contributed by atoms with Crippen LogP contribution >= 0.6 is 0 Å². The van der Waals surface area contributed by atoms with Crippen molar-refractivity contribution in [1.82, 2.24) is 5.32 Å². The maximum atomic E-state index is 13.0. The van der Waals surface area contributed by atoms with Gasteiger partial charge in [-0.15, -0.1) is 0 Å². The Morgan fingerprint density at radius 2 is 2.00 bits per heavy atom. The zero-order valence-corrected chi connectivity index (χ0v) is 9.33. The standard InChI is InChI=1S/C12H15F2NO2/c13-8-4-9(14)6-10(5-8)17-12-2-1-3-15-11(12)7-16/h4-6,11-12,15-16H,1-3,7H2. The van der Waals surface area contributed by atoms with Crippen molar-refractivity contribution >= 4 is 0 Å². The van der Waals surface area contributed by atoms with E-state index in [0.29, 0.717) is 0 Å². The lowest BCUT2D eigenvalue weighted by Crippen LogP contribution is -2.49. The fourth-order valence-corrected chi connectivity index (χ4v) is 2.02. The fraction of sp³-hybridized carbons (Fsp3) is 0.500. The lowest BCUT2D eigenvalue weighted by atomic mass is 10.0. The summed E-state index contributed by atoms with van der Waals surface area (Å²) in [6.45, 7) is 0.769. The van der Waals surface area contributed by atoms with Gasteiger partial charge in [-0.25, -0.2) is 8.78 Å². The Morgan fingerprint density at radius 1 is 1.29 bits per heavy atom. The average molecular weight is 243 g/mol. The van der Waals surface area contributed by atoms with Crippen molar-refractivity contribution in [2.75, 3.05) is 13.2 Å². The van der Waals surface area contributed by atoms with Crippen LogP contribution in [0, 0.1) is 11.6 Å². The maximum absolute atomic E-state index is 13.0. The molecule has 1 aliphatic heterocycles. The van der Waals surface area contributed by atoms with Crippen LogP contribution in [0.15, 0.2) is 18.2 Å². The molecule has 94 valence electrons. The molecule has 0 bridgehead atoms. The molecule has 17 heavy (non-hydrogen) atoms. The van der Waals surface area contributed by atoms with Crippen molar-refractivity contribution in [2.45, 2.75) is 25.0 Å². The molecule has 0 radical (unpaired) electrons. The van der Waals surface area contributed by atoms with Gasteiger partial charge in [0.25, 0.3) is 0 Å². The molecule has 1 aromatic carbocycles. The number of nitrogens with one attached hydrogen (secondary N) is 1. The molecule has 2 N–H and O–H groups in total. The van der Waals surface area contributed by atoms with Gasteiger partial charge >= 0.3 is 0 Å². The summed E-state index contributed by atoms with van der Waals surface area (Å²) in [7, 11) is 0. The van der Waals surface area contributed by atoms with Crippen molar-refractivity contribution in [3.05, 3.63) is 29.8 Å². The van der Waals surface area contributed by atoms with Gasteiger partial charge in [-0.1, -0.05) is 0 Å². The highest BCUT2D eigenvalue weighted by Crippen LogP contribution is 2.21. The Balaban J connectivity index is 2.08. The van der Waals surface area contributed by atoms with Gasteiger partial charge in [0.05, 0.1) is 12.6 Å². The number of hydrogen-bond acceptors (Lipinski definition) is 3. The van der Waals surface area contributed by atoms with Crippen LogP contribution in [0.5, 0.6) is 5.75 Å². The molecule has 2 unspecified atom stereocenters. The average Bonchev–Trinajstić information content (AvgIpc) is 2.28. The molecule has 5 heteroatoms. The summed E-state index contributed by atoms with van der Waals surface area (Å²) in [5, 5.41) is 12.3. The van der Waals surface area contributed by atoms with Crippen LogP contribution in [-0.2, 0) is 0 Å². The first-order chi connectivity index (χ1) is 8.19. The second-order valence-corrected chi connectivity index (χ2v) is 4.15. The zero-order chi connectivity index (χ0) is 12.3. The van der Waals surface area contributed by atoms with Gasteiger partial charge < -0.3 is 15.2 Å². The van der Waals surface area contributed by atoms with Crippen LogP contribution in [0.25, 0.3) is 0 Å². The number of halogens is 2. The van der Waals surface area contributed by atoms with Crippen LogP contribution in [0.4, 0.5) is 8.78 Å². The van der Waals surface area contributed by atoms with E-state index in [1.165, 1.54) is 0 Å². The van der Waals surface area contributed by atoms with Gasteiger partial charge in [0, 0.05) is 18.2 Å². The van der Waals surface area contributed by atoms with Gasteiger partial charge in [0.2, 0.25) is 0 Å². The Morgan fingerprint density at radius 3 is 2.65 bits per heavy atom. The molecule has 0 saturated carbocycles. The monoisotopic (exact) mass is 243 g/mol. The lowest BCUT2D eigenvalue weighted by Gasteiger charge is -2.31. The van der Waals surface area contributed by atoms with E-state index in [9.17, 15) is 8.78 Å². The number of ether oxygens (including phenoxy) is 1. The van der Waals surface area contributed by atoms with Gasteiger partial charge in [0.1, 0.15) is 23.5 Å². The number of rotatable bonds is 3. The van der Waals surface area contributed by atoms with E-state index in [0.717, 1.165) is 37.6 Å². The summed E-state index contributed by atoms with van der Waals surface area (Å²) in [6, 6.07) is 2.91. The Labute approximate surface area is 98.4 Å². The summed E-state index contributed by atoms with van der Waals surface area (Å²) >= 11 is 0. The van der Waals surface area contributed by atoms with Gasteiger partial charge in [-0.05, 0) is 19.4 Å². The molecule has 0 aliphatic carbocycles. The first kappa shape index (κ1) is 12.3. The van der Waals surface area contributed by atoms with E-state index >= 15 is 0 Å². The molecule has 0 aromatic heterocycles. The predicted octanol–water partition coefficient (Wildman–Crippen LogP) is 1.46. The van der Waals surface area contributed by atoms with Crippen molar-refractivity contribution in [3.63, 3.8) is 0 Å². The number of piperidine rings is 1. The van der Waals surface area contributed by atoms with Crippen LogP contribution < -0.4 is 10.1 Å². The first-order valence-corrected chi connectivity index (χ1v) is 5.66. The van der Waals surface area contributed by atoms with E-state index in [-0.39, 0.29) is 24.5 Å². The first-order valence-electron chi connectivity index (χ1n) is 5.66. The highest BCUT2D eigenvalue weighted by atomic mass is 19.1. The van der Waals surface area contributed by atoms with E-state index in [2.05, 4.69) is 5.32 Å². The minimum Gasteiger partial charge on any atom is -0.488 e. The largest absolute Gasteiger partial charge is 0.488 e. The summed E-state index contributed by atoms with van der Waals surface area (Å²) in [5.41, 5.74) is 0. The summed E-state index contributed by atoms with van der Waals surface area (Å²) in [4.78, 5) is 0. The molecular formula is C12H15F2NO2. The number of benzene rings is 1. The van der Waals surface area contributed by atoms with Crippen molar-refractivity contribution in [3.8, 4) is 5.75 Å². The molecular weight excluding hydrogens is 228 g/mol. The topological polar surface area (TPSA) is 41.5 Å². The summed E-state index contributed by atoms with van der Waals surface area (Å²) < 4.78 is 31.5. The van der Waals surface area contributed by atoms with Crippen LogP contribution in [0.2, 0.25) is 0 Å². The third-order valence-electron chi connectivity index (χ3n) is 2.84. The zero-order valence-electron chi connectivity index (χ0n) is 9.33. The quantitative estimate of drug-likeness (QED) is 0.844. The summed E-state index contributed by atoms with van der Waals surface area (Å²) in [6.07, 6.45) is 1.42. The third kappa shape index (κ3) is 3.14. The second kappa shape index (κ2) is 5.42. The van der Waals surface area contributed by atoms with E-state index in [4.69, 9.17) is 9.84 Å². The van der Waals surface area contributed by atoms with Crippen molar-refractivity contribution < 1.29 is 18.6 Å². The SMILES string of the molecule is OCC1NCCCC1Oc1cc(F)cc(F)c1. The molecule has 0 amide bonds. The maximum Gasteiger partial charge on any atom is 0.129 e. The molecule has 1 saturated heterocycles. The van der Waals surface area contributed by atoms with Crippen LogP contribution in [0.3, 0.4) is 0 Å². The number of aliphatic hydroxyl groups excluding tert-OH is 1. The Kier molecular flexibility index (Phi) is 3.91. The molecule has 2 rings (SSSR count). The van der Waals surface area contributed by atoms with Crippen molar-refractivity contribution in [2.24, 2.45) is 0 Å². The smallest absolute Gasteiger partial charge is 0.129 e. The second-order valence-electron chi connectivity index (χ2n) is 4.15. The fourth-order valence-electron chi connectivity index (χ4n) is 2.02. The number of hydrogen-bond donors (Lipinski definition) is 2. The summed E-state index contributed by atoms with van der Waals surface area (Å²) in [5.74, 6) is -1.16. The number of aliphatic hydroxyl groups is 1. The highest BCUT2D eigenvalue weighted by molar-refractivity contribution is 5.24. The third-order valence-corrected chi connectivity index (χ3v) is 2.84. The molecule has 1 aliphatic rings. The molecule has 1 heterocycles. The highest BCUT2D eigenvalue weighted by Gasteiger charge is 2.25. The normalized spacial score (nSPS) is 24.6. The van der Waals surface area contributed by atoms with E-state index in [1.54, 1.807) is 0 Å². The Hall–Kier alpha value is -1.20. The van der Waals surface area contributed by atoms with Gasteiger partial charge in [-0.3, -0.25) is 0 Å². The Bertz CT molecular complexity index is 367. The lowest BCUT2D eigenvalue weighted by molar-refractivity contribution is 0.0828. The van der Waals surface area contributed by atoms with Crippen molar-refractivity contribution in [1.29, 1.82) is 0 Å². The molecule has 2 atom stereocenters. The van der Waals surface area contributed by atoms with Gasteiger partial charge in [0.15, 0.2) is 0 Å². The molecule has 1 aromatic rings. The minimum atomic E-state index is -0.663.